The molecule has 0 unspecified atom stereocenters. The monoisotopic (exact) mass is 308 g/mol. The van der Waals surface area contributed by atoms with Crippen molar-refractivity contribution in [2.45, 2.75) is 31.3 Å². The summed E-state index contributed by atoms with van der Waals surface area (Å²) in [6.45, 7) is 2.03. The molecular formula is C12H16N6O2S. The molecule has 0 aromatic carbocycles. The number of aryl methyl sites for hydroxylation is 1. The summed E-state index contributed by atoms with van der Waals surface area (Å²) < 4.78 is 1.81. The smallest absolute Gasteiger partial charge is 0.318 e. The summed E-state index contributed by atoms with van der Waals surface area (Å²) in [4.78, 5) is 26.3. The van der Waals surface area contributed by atoms with Gasteiger partial charge in [-0.25, -0.2) is 9.78 Å². The molecule has 3 amide bonds. The van der Waals surface area contributed by atoms with E-state index in [-0.39, 0.29) is 12.3 Å². The number of hydrogen-bond acceptors (Lipinski definition) is 6. The van der Waals surface area contributed by atoms with E-state index < -0.39 is 6.03 Å². The molecule has 0 aliphatic rings. The second-order valence-corrected chi connectivity index (χ2v) is 5.37. The number of nitrogens with zero attached hydrogens (tertiary/aromatic N) is 4. The number of hydrogen-bond donors (Lipinski definition) is 2. The maximum absolute atomic E-state index is 11.3. The SMILES string of the molecule is CCc1cc2nncn2c(SCCCC(=O)NC(N)=O)n1. The van der Waals surface area contributed by atoms with Crippen molar-refractivity contribution in [2.75, 3.05) is 5.75 Å². The maximum Gasteiger partial charge on any atom is 0.318 e. The van der Waals surface area contributed by atoms with Crippen LogP contribution in [0.25, 0.3) is 5.65 Å². The van der Waals surface area contributed by atoms with Crippen molar-refractivity contribution >= 4 is 29.3 Å². The summed E-state index contributed by atoms with van der Waals surface area (Å²) in [5.41, 5.74) is 6.58. The lowest BCUT2D eigenvalue weighted by atomic mass is 10.3. The molecule has 0 spiro atoms. The molecule has 21 heavy (non-hydrogen) atoms. The number of nitrogens with one attached hydrogen (secondary N) is 1. The molecule has 0 atom stereocenters. The third-order valence-corrected chi connectivity index (χ3v) is 3.76. The van der Waals surface area contributed by atoms with Crippen LogP contribution in [0.4, 0.5) is 4.79 Å². The molecule has 8 nitrogen and oxygen atoms in total. The minimum Gasteiger partial charge on any atom is -0.351 e. The van der Waals surface area contributed by atoms with Gasteiger partial charge in [0, 0.05) is 23.9 Å². The number of carbonyl (C=O) groups excluding carboxylic acids is 2. The number of aromatic nitrogens is 4. The predicted molar refractivity (Wildman–Crippen MR) is 77.8 cm³/mol. The lowest BCUT2D eigenvalue weighted by Gasteiger charge is -2.06. The quantitative estimate of drug-likeness (QED) is 0.462. The molecule has 2 aromatic rings. The Balaban J connectivity index is 1.92. The Labute approximate surface area is 125 Å². The van der Waals surface area contributed by atoms with E-state index in [9.17, 15) is 9.59 Å². The molecule has 0 aliphatic carbocycles. The zero-order chi connectivity index (χ0) is 15.2. The van der Waals surface area contributed by atoms with Crippen LogP contribution in [-0.4, -0.2) is 37.3 Å². The molecule has 0 saturated carbocycles. The Kier molecular flexibility index (Phi) is 5.09. The van der Waals surface area contributed by atoms with E-state index in [1.807, 2.05) is 22.7 Å². The Hall–Kier alpha value is -2.16. The Morgan fingerprint density at radius 1 is 1.48 bits per heavy atom. The lowest BCUT2D eigenvalue weighted by Crippen LogP contribution is -2.34. The average Bonchev–Trinajstić information content (AvgIpc) is 2.90. The average molecular weight is 308 g/mol. The largest absolute Gasteiger partial charge is 0.351 e. The number of primary amides is 1. The van der Waals surface area contributed by atoms with E-state index in [2.05, 4.69) is 15.2 Å². The molecular weight excluding hydrogens is 292 g/mol. The molecule has 3 N–H and O–H groups in total. The van der Waals surface area contributed by atoms with Gasteiger partial charge in [-0.3, -0.25) is 14.5 Å². The third kappa shape index (κ3) is 4.15. The van der Waals surface area contributed by atoms with Gasteiger partial charge in [0.1, 0.15) is 6.33 Å². The van der Waals surface area contributed by atoms with E-state index >= 15 is 0 Å². The molecule has 0 aliphatic heterocycles. The highest BCUT2D eigenvalue weighted by molar-refractivity contribution is 7.99. The first-order valence-electron chi connectivity index (χ1n) is 6.52. The highest BCUT2D eigenvalue weighted by Crippen LogP contribution is 2.19. The number of thioether (sulfide) groups is 1. The molecule has 9 heteroatoms. The third-order valence-electron chi connectivity index (χ3n) is 2.72. The second-order valence-electron chi connectivity index (χ2n) is 4.31. The van der Waals surface area contributed by atoms with Crippen molar-refractivity contribution < 1.29 is 9.59 Å². The first-order chi connectivity index (χ1) is 10.1. The van der Waals surface area contributed by atoms with E-state index in [0.717, 1.165) is 22.9 Å². The summed E-state index contributed by atoms with van der Waals surface area (Å²) >= 11 is 1.52. The highest BCUT2D eigenvalue weighted by Gasteiger charge is 2.08. The summed E-state index contributed by atoms with van der Waals surface area (Å²) in [5.74, 6) is 0.326. The van der Waals surface area contributed by atoms with Crippen molar-refractivity contribution in [1.29, 1.82) is 0 Å². The molecule has 112 valence electrons. The second kappa shape index (κ2) is 7.02. The topological polar surface area (TPSA) is 115 Å². The van der Waals surface area contributed by atoms with Gasteiger partial charge < -0.3 is 5.73 Å². The summed E-state index contributed by atoms with van der Waals surface area (Å²) in [6.07, 6.45) is 3.29. The van der Waals surface area contributed by atoms with Crippen molar-refractivity contribution in [1.82, 2.24) is 24.9 Å². The molecule has 2 rings (SSSR count). The van der Waals surface area contributed by atoms with Gasteiger partial charge in [0.2, 0.25) is 5.91 Å². The fraction of sp³-hybridized carbons (Fsp3) is 0.417. The molecule has 2 heterocycles. The first-order valence-corrected chi connectivity index (χ1v) is 7.50. The Morgan fingerprint density at radius 2 is 2.29 bits per heavy atom. The normalized spacial score (nSPS) is 10.7. The predicted octanol–water partition coefficient (Wildman–Crippen LogP) is 0.754. The van der Waals surface area contributed by atoms with Crippen LogP contribution in [0.3, 0.4) is 0 Å². The molecule has 0 radical (unpaired) electrons. The van der Waals surface area contributed by atoms with Crippen molar-refractivity contribution in [3.05, 3.63) is 18.1 Å². The van der Waals surface area contributed by atoms with Gasteiger partial charge in [0.05, 0.1) is 0 Å². The maximum atomic E-state index is 11.3. The minimum atomic E-state index is -0.823. The standard InChI is InChI=1S/C12H16N6O2S/c1-2-8-6-9-17-14-7-18(9)12(15-8)21-5-3-4-10(19)16-11(13)20/h6-7H,2-5H2,1H3,(H3,13,16,19,20). The first kappa shape index (κ1) is 15.2. The van der Waals surface area contributed by atoms with E-state index in [4.69, 9.17) is 5.73 Å². The van der Waals surface area contributed by atoms with Crippen LogP contribution in [0.5, 0.6) is 0 Å². The zero-order valence-corrected chi connectivity index (χ0v) is 12.4. The number of carbonyl (C=O) groups is 2. The highest BCUT2D eigenvalue weighted by atomic mass is 32.2. The van der Waals surface area contributed by atoms with Crippen LogP contribution in [0.1, 0.15) is 25.5 Å². The molecule has 0 fully saturated rings. The number of nitrogens with two attached hydrogens (primary N) is 1. The summed E-state index contributed by atoms with van der Waals surface area (Å²) in [5, 5.41) is 10.7. The molecule has 2 aromatic heterocycles. The van der Waals surface area contributed by atoms with E-state index in [1.54, 1.807) is 6.33 Å². The number of imide groups is 1. The van der Waals surface area contributed by atoms with Gasteiger partial charge >= 0.3 is 6.03 Å². The fourth-order valence-corrected chi connectivity index (χ4v) is 2.66. The van der Waals surface area contributed by atoms with Crippen molar-refractivity contribution in [3.8, 4) is 0 Å². The summed E-state index contributed by atoms with van der Waals surface area (Å²) in [7, 11) is 0. The van der Waals surface area contributed by atoms with Crippen LogP contribution in [-0.2, 0) is 11.2 Å². The van der Waals surface area contributed by atoms with E-state index in [1.165, 1.54) is 11.8 Å². The van der Waals surface area contributed by atoms with Crippen LogP contribution in [0.15, 0.2) is 17.6 Å². The van der Waals surface area contributed by atoms with E-state index in [0.29, 0.717) is 12.2 Å². The molecule has 0 saturated heterocycles. The lowest BCUT2D eigenvalue weighted by molar-refractivity contribution is -0.119. The molecule has 0 bridgehead atoms. The Morgan fingerprint density at radius 3 is 3.00 bits per heavy atom. The van der Waals surface area contributed by atoms with Crippen molar-refractivity contribution in [2.24, 2.45) is 5.73 Å². The number of rotatable bonds is 6. The van der Waals surface area contributed by atoms with Crippen LogP contribution in [0, 0.1) is 0 Å². The van der Waals surface area contributed by atoms with Gasteiger partial charge in [0.15, 0.2) is 10.8 Å². The van der Waals surface area contributed by atoms with Gasteiger partial charge in [-0.1, -0.05) is 18.7 Å². The summed E-state index contributed by atoms with van der Waals surface area (Å²) in [6, 6.07) is 1.08. The van der Waals surface area contributed by atoms with Gasteiger partial charge in [0.25, 0.3) is 0 Å². The van der Waals surface area contributed by atoms with Crippen LogP contribution >= 0.6 is 11.8 Å². The number of amides is 3. The Bertz CT molecular complexity index is 656. The van der Waals surface area contributed by atoms with Gasteiger partial charge in [-0.05, 0) is 12.8 Å². The fourth-order valence-electron chi connectivity index (χ4n) is 1.73. The zero-order valence-electron chi connectivity index (χ0n) is 11.6. The van der Waals surface area contributed by atoms with Gasteiger partial charge in [-0.15, -0.1) is 10.2 Å². The number of fused-ring (bicyclic) bond motifs is 1. The van der Waals surface area contributed by atoms with Crippen LogP contribution < -0.4 is 11.1 Å². The number of urea groups is 1. The van der Waals surface area contributed by atoms with Crippen molar-refractivity contribution in [3.63, 3.8) is 0 Å². The van der Waals surface area contributed by atoms with Gasteiger partial charge in [-0.2, -0.15) is 0 Å². The minimum absolute atomic E-state index is 0.245. The van der Waals surface area contributed by atoms with Crippen LogP contribution in [0.2, 0.25) is 0 Å².